The van der Waals surface area contributed by atoms with E-state index in [-0.39, 0.29) is 5.43 Å². The predicted octanol–water partition coefficient (Wildman–Crippen LogP) is 7.03. The Morgan fingerprint density at radius 2 is 1.44 bits per heavy atom. The zero-order valence-electron chi connectivity index (χ0n) is 12.8. The maximum Gasteiger partial charge on any atom is 0.195 e. The molecule has 120 valence electrons. The van der Waals surface area contributed by atoms with Crippen molar-refractivity contribution < 1.29 is 0 Å². The van der Waals surface area contributed by atoms with Crippen molar-refractivity contribution in [1.29, 1.82) is 0 Å². The SMILES string of the molecule is O=c1c2cc(Cl)ccc2sc2cc3cc4cccc(Cl)c4cc3cc12. The number of hydrogen-bond donors (Lipinski definition) is 0. The van der Waals surface area contributed by atoms with Gasteiger partial charge in [-0.05, 0) is 64.7 Å². The van der Waals surface area contributed by atoms with Crippen LogP contribution in [0.3, 0.4) is 0 Å². The molecule has 0 aliphatic rings. The smallest absolute Gasteiger partial charge is 0.195 e. The largest absolute Gasteiger partial charge is 0.289 e. The molecule has 5 aromatic rings. The van der Waals surface area contributed by atoms with Crippen molar-refractivity contribution in [1.82, 2.24) is 0 Å². The molecule has 0 unspecified atom stereocenters. The molecule has 0 radical (unpaired) electrons. The van der Waals surface area contributed by atoms with Crippen molar-refractivity contribution in [3.8, 4) is 0 Å². The van der Waals surface area contributed by atoms with Crippen molar-refractivity contribution in [2.24, 2.45) is 0 Å². The summed E-state index contributed by atoms with van der Waals surface area (Å²) in [6.07, 6.45) is 0. The van der Waals surface area contributed by atoms with Crippen molar-refractivity contribution in [3.63, 3.8) is 0 Å². The fraction of sp³-hybridized carbons (Fsp3) is 0. The number of hydrogen-bond acceptors (Lipinski definition) is 2. The first-order chi connectivity index (χ1) is 12.1. The lowest BCUT2D eigenvalue weighted by Crippen LogP contribution is -2.00. The van der Waals surface area contributed by atoms with Gasteiger partial charge >= 0.3 is 0 Å². The van der Waals surface area contributed by atoms with Crippen LogP contribution >= 0.6 is 34.5 Å². The number of halogens is 2. The van der Waals surface area contributed by atoms with Gasteiger partial charge in [0.05, 0.1) is 0 Å². The zero-order valence-corrected chi connectivity index (χ0v) is 15.2. The predicted molar refractivity (Wildman–Crippen MR) is 111 cm³/mol. The van der Waals surface area contributed by atoms with Gasteiger partial charge in [0.1, 0.15) is 0 Å². The van der Waals surface area contributed by atoms with E-state index in [4.69, 9.17) is 23.2 Å². The third-order valence-corrected chi connectivity index (χ3v) is 6.23. The lowest BCUT2D eigenvalue weighted by atomic mass is 10.0. The van der Waals surface area contributed by atoms with Crippen LogP contribution in [-0.2, 0) is 0 Å². The highest BCUT2D eigenvalue weighted by molar-refractivity contribution is 7.24. The van der Waals surface area contributed by atoms with Gasteiger partial charge < -0.3 is 0 Å². The molecule has 1 heterocycles. The average molecular weight is 381 g/mol. The molecule has 0 atom stereocenters. The molecule has 0 saturated heterocycles. The molecule has 0 fully saturated rings. The molecule has 5 rings (SSSR count). The third-order valence-electron chi connectivity index (χ3n) is 4.53. The Kier molecular flexibility index (Phi) is 3.29. The minimum atomic E-state index is 0.0207. The highest BCUT2D eigenvalue weighted by Gasteiger charge is 2.09. The Balaban J connectivity index is 1.96. The van der Waals surface area contributed by atoms with E-state index >= 15 is 0 Å². The molecule has 1 nitrogen and oxygen atoms in total. The number of rotatable bonds is 0. The monoisotopic (exact) mass is 380 g/mol. The first kappa shape index (κ1) is 15.2. The van der Waals surface area contributed by atoms with Crippen LogP contribution in [0.15, 0.2) is 65.5 Å². The topological polar surface area (TPSA) is 17.1 Å². The van der Waals surface area contributed by atoms with Crippen molar-refractivity contribution >= 4 is 76.3 Å². The van der Waals surface area contributed by atoms with E-state index in [0.29, 0.717) is 10.4 Å². The molecule has 0 aliphatic carbocycles. The van der Waals surface area contributed by atoms with Gasteiger partial charge in [0.25, 0.3) is 0 Å². The van der Waals surface area contributed by atoms with Crippen LogP contribution in [-0.4, -0.2) is 0 Å². The third kappa shape index (κ3) is 2.33. The second-order valence-electron chi connectivity index (χ2n) is 6.08. The highest BCUT2D eigenvalue weighted by Crippen LogP contribution is 2.33. The van der Waals surface area contributed by atoms with E-state index in [9.17, 15) is 4.79 Å². The summed E-state index contributed by atoms with van der Waals surface area (Å²) < 4.78 is 1.93. The van der Waals surface area contributed by atoms with E-state index in [2.05, 4.69) is 24.3 Å². The van der Waals surface area contributed by atoms with Gasteiger partial charge in [-0.1, -0.05) is 35.3 Å². The lowest BCUT2D eigenvalue weighted by Gasteiger charge is -2.07. The molecule has 4 aromatic carbocycles. The molecule has 0 bridgehead atoms. The van der Waals surface area contributed by atoms with Crippen LogP contribution in [0.2, 0.25) is 10.0 Å². The van der Waals surface area contributed by atoms with Crippen LogP contribution in [0.5, 0.6) is 0 Å². The summed E-state index contributed by atoms with van der Waals surface area (Å²) in [5, 5.41) is 6.90. The van der Waals surface area contributed by atoms with E-state index in [0.717, 1.165) is 41.4 Å². The van der Waals surface area contributed by atoms with Gasteiger partial charge in [0.2, 0.25) is 0 Å². The van der Waals surface area contributed by atoms with Gasteiger partial charge in [0, 0.05) is 35.6 Å². The summed E-state index contributed by atoms with van der Waals surface area (Å²) in [7, 11) is 0. The number of benzene rings is 4. The van der Waals surface area contributed by atoms with Crippen molar-refractivity contribution in [2.45, 2.75) is 0 Å². The van der Waals surface area contributed by atoms with Crippen molar-refractivity contribution in [2.75, 3.05) is 0 Å². The summed E-state index contributed by atoms with van der Waals surface area (Å²) in [6, 6.07) is 19.6. The first-order valence-electron chi connectivity index (χ1n) is 7.78. The molecule has 25 heavy (non-hydrogen) atoms. The van der Waals surface area contributed by atoms with Crippen molar-refractivity contribution in [3.05, 3.63) is 80.9 Å². The normalized spacial score (nSPS) is 11.8. The Labute approximate surface area is 157 Å². The molecular formula is C21H10Cl2OS. The molecule has 0 spiro atoms. The second kappa shape index (κ2) is 5.43. The first-order valence-corrected chi connectivity index (χ1v) is 9.35. The van der Waals surface area contributed by atoms with Crippen LogP contribution < -0.4 is 5.43 Å². The van der Waals surface area contributed by atoms with E-state index in [1.54, 1.807) is 17.4 Å². The lowest BCUT2D eigenvalue weighted by molar-refractivity contribution is 1.76. The Hall–Kier alpha value is -2.13. The Morgan fingerprint density at radius 1 is 0.680 bits per heavy atom. The van der Waals surface area contributed by atoms with Gasteiger partial charge in [-0.2, -0.15) is 0 Å². The van der Waals surface area contributed by atoms with Gasteiger partial charge in [0.15, 0.2) is 5.43 Å². The standard InChI is InChI=1S/C21H10Cl2OS/c22-14-4-5-19-17(10-14)21(24)16-8-13-7-15-11(2-1-3-18(15)23)6-12(13)9-20(16)25-19/h1-10H. The summed E-state index contributed by atoms with van der Waals surface area (Å²) in [6.45, 7) is 0. The Morgan fingerprint density at radius 3 is 2.32 bits per heavy atom. The maximum absolute atomic E-state index is 12.9. The van der Waals surface area contributed by atoms with Crippen LogP contribution in [0.1, 0.15) is 0 Å². The zero-order chi connectivity index (χ0) is 17.1. The van der Waals surface area contributed by atoms with Crippen LogP contribution in [0.25, 0.3) is 41.7 Å². The summed E-state index contributed by atoms with van der Waals surface area (Å²) >= 11 is 14.0. The van der Waals surface area contributed by atoms with Gasteiger partial charge in [-0.3, -0.25) is 4.79 Å². The molecule has 0 saturated carbocycles. The minimum absolute atomic E-state index is 0.0207. The van der Waals surface area contributed by atoms with Gasteiger partial charge in [-0.25, -0.2) is 0 Å². The molecule has 0 amide bonds. The van der Waals surface area contributed by atoms with Crippen LogP contribution in [0, 0.1) is 0 Å². The maximum atomic E-state index is 12.9. The average Bonchev–Trinajstić information content (AvgIpc) is 2.60. The molecule has 0 N–H and O–H groups in total. The van der Waals surface area contributed by atoms with Gasteiger partial charge in [-0.15, -0.1) is 11.3 Å². The highest BCUT2D eigenvalue weighted by atomic mass is 35.5. The second-order valence-corrected chi connectivity index (χ2v) is 8.01. The van der Waals surface area contributed by atoms with Crippen LogP contribution in [0.4, 0.5) is 0 Å². The molecule has 4 heteroatoms. The van der Waals surface area contributed by atoms with E-state index < -0.39 is 0 Å². The number of fused-ring (bicyclic) bond motifs is 4. The summed E-state index contributed by atoms with van der Waals surface area (Å²) in [5.74, 6) is 0. The summed E-state index contributed by atoms with van der Waals surface area (Å²) in [5.41, 5.74) is 0.0207. The fourth-order valence-electron chi connectivity index (χ4n) is 3.31. The van der Waals surface area contributed by atoms with E-state index in [1.165, 1.54) is 0 Å². The van der Waals surface area contributed by atoms with E-state index in [1.807, 2.05) is 30.3 Å². The minimum Gasteiger partial charge on any atom is -0.289 e. The summed E-state index contributed by atoms with van der Waals surface area (Å²) in [4.78, 5) is 12.9. The Bertz CT molecular complexity index is 1390. The molecule has 0 aliphatic heterocycles. The fourth-order valence-corrected chi connectivity index (χ4v) is 4.80. The molecule has 1 aromatic heterocycles. The molecular weight excluding hydrogens is 371 g/mol. The quantitative estimate of drug-likeness (QED) is 0.263.